The van der Waals surface area contributed by atoms with E-state index >= 15 is 0 Å². The highest BCUT2D eigenvalue weighted by atomic mass is 16.4. The Morgan fingerprint density at radius 1 is 1.04 bits per heavy atom. The topological polar surface area (TPSA) is 81.0 Å². The number of carbonyl (C=O) groups excluding carboxylic acids is 2. The summed E-state index contributed by atoms with van der Waals surface area (Å²) in [5, 5.41) is 17.5. The van der Waals surface area contributed by atoms with Crippen LogP contribution in [-0.2, 0) is 16.1 Å². The van der Waals surface area contributed by atoms with E-state index in [1.165, 1.54) is 42.3 Å². The Morgan fingerprint density at radius 2 is 1.57 bits per heavy atom. The number of carbonyl (C=O) groups is 2. The Labute approximate surface area is 138 Å². The van der Waals surface area contributed by atoms with Crippen molar-refractivity contribution in [3.8, 4) is 6.07 Å². The van der Waals surface area contributed by atoms with Crippen LogP contribution in [0.5, 0.6) is 0 Å². The Kier molecular flexibility index (Phi) is 10.3. The number of benzene rings is 1. The molecule has 126 valence electrons. The lowest BCUT2D eigenvalue weighted by Gasteiger charge is -2.35. The minimum atomic E-state index is -1.31. The van der Waals surface area contributed by atoms with Gasteiger partial charge in [-0.25, -0.2) is 0 Å². The third-order valence-corrected chi connectivity index (χ3v) is 4.05. The summed E-state index contributed by atoms with van der Waals surface area (Å²) >= 11 is 0. The zero-order chi connectivity index (χ0) is 17.7. The van der Waals surface area contributed by atoms with Gasteiger partial charge in [0.1, 0.15) is 12.6 Å². The number of hydrogen-bond donors (Lipinski definition) is 0. The largest absolute Gasteiger partial charge is 0.550 e. The lowest BCUT2D eigenvalue weighted by atomic mass is 10.2. The Hall–Kier alpha value is -2.19. The Balaban J connectivity index is 0.000000468. The molecule has 0 atom stereocenters. The van der Waals surface area contributed by atoms with Gasteiger partial charge in [-0.15, -0.1) is 0 Å². The van der Waals surface area contributed by atoms with E-state index in [9.17, 15) is 14.7 Å². The van der Waals surface area contributed by atoms with Gasteiger partial charge in [0, 0.05) is 18.0 Å². The second kappa shape index (κ2) is 11.4. The van der Waals surface area contributed by atoms with Gasteiger partial charge in [-0.2, -0.15) is 5.26 Å². The van der Waals surface area contributed by atoms with Gasteiger partial charge in [0.15, 0.2) is 0 Å². The highest BCUT2D eigenvalue weighted by Crippen LogP contribution is 2.13. The van der Waals surface area contributed by atoms with Crippen LogP contribution in [0.3, 0.4) is 0 Å². The van der Waals surface area contributed by atoms with Crippen molar-refractivity contribution >= 4 is 11.8 Å². The van der Waals surface area contributed by atoms with Crippen molar-refractivity contribution in [3.63, 3.8) is 0 Å². The van der Waals surface area contributed by atoms with Crippen LogP contribution >= 0.6 is 0 Å². The van der Waals surface area contributed by atoms with Crippen molar-refractivity contribution in [2.75, 3.05) is 19.6 Å². The number of Topliss-reactive ketones (excluding diaryl/α,β-unsaturated/α-hetero) is 1. The number of quaternary nitrogens is 1. The Morgan fingerprint density at radius 3 is 1.96 bits per heavy atom. The lowest BCUT2D eigenvalue weighted by molar-refractivity contribution is -0.936. The first-order valence-corrected chi connectivity index (χ1v) is 7.94. The van der Waals surface area contributed by atoms with E-state index < -0.39 is 11.8 Å². The van der Waals surface area contributed by atoms with Crippen molar-refractivity contribution in [2.45, 2.75) is 40.2 Å². The molecule has 0 spiro atoms. The molecule has 23 heavy (non-hydrogen) atoms. The van der Waals surface area contributed by atoms with Crippen LogP contribution in [-0.4, -0.2) is 35.9 Å². The molecule has 0 aliphatic rings. The molecule has 0 fully saturated rings. The van der Waals surface area contributed by atoms with Gasteiger partial charge in [-0.05, 0) is 27.2 Å². The number of nitriles is 1. The van der Waals surface area contributed by atoms with Crippen LogP contribution in [0.4, 0.5) is 0 Å². The summed E-state index contributed by atoms with van der Waals surface area (Å²) in [6, 6.07) is 12.1. The first-order chi connectivity index (χ1) is 10.9. The monoisotopic (exact) mass is 318 g/mol. The molecular weight excluding hydrogens is 292 g/mol. The van der Waals surface area contributed by atoms with Crippen molar-refractivity contribution < 1.29 is 19.2 Å². The summed E-state index contributed by atoms with van der Waals surface area (Å²) in [4.78, 5) is 19.7. The van der Waals surface area contributed by atoms with Crippen LogP contribution in [0.25, 0.3) is 0 Å². The fraction of sp³-hybridized carbons (Fsp3) is 0.500. The number of carboxylic acid groups (broad SMARTS) is 1. The number of carboxylic acids is 1. The van der Waals surface area contributed by atoms with E-state index in [4.69, 9.17) is 5.26 Å². The molecule has 0 N–H and O–H groups in total. The van der Waals surface area contributed by atoms with Crippen molar-refractivity contribution in [1.29, 1.82) is 5.26 Å². The third-order valence-electron chi connectivity index (χ3n) is 4.05. The van der Waals surface area contributed by atoms with Crippen molar-refractivity contribution in [2.24, 2.45) is 0 Å². The standard InChI is InChI=1S/C13H22N.C5H5NO3/c1-4-14(5-2,6-3)12-13-10-8-7-9-11-13;6-3-4(7)1-2-5(8)9/h7-11H,4-6,12H2,1-3H3;1-2H2,(H,8,9)/q+1;/p-1. The summed E-state index contributed by atoms with van der Waals surface area (Å²) in [6.07, 6.45) is -0.620. The smallest absolute Gasteiger partial charge is 0.232 e. The second-order valence-corrected chi connectivity index (χ2v) is 5.34. The van der Waals surface area contributed by atoms with Gasteiger partial charge >= 0.3 is 0 Å². The van der Waals surface area contributed by atoms with Gasteiger partial charge in [-0.3, -0.25) is 4.79 Å². The summed E-state index contributed by atoms with van der Waals surface area (Å²) < 4.78 is 1.20. The molecule has 0 saturated carbocycles. The van der Waals surface area contributed by atoms with E-state index in [1.807, 2.05) is 0 Å². The van der Waals surface area contributed by atoms with Crippen molar-refractivity contribution in [3.05, 3.63) is 35.9 Å². The molecule has 5 heteroatoms. The summed E-state index contributed by atoms with van der Waals surface area (Å²) in [7, 11) is 0. The minimum Gasteiger partial charge on any atom is -0.550 e. The van der Waals surface area contributed by atoms with Crippen LogP contribution in [0, 0.1) is 11.3 Å². The molecule has 0 amide bonds. The van der Waals surface area contributed by atoms with E-state index in [0.717, 1.165) is 0 Å². The quantitative estimate of drug-likeness (QED) is 0.539. The van der Waals surface area contributed by atoms with Gasteiger partial charge < -0.3 is 14.4 Å². The zero-order valence-corrected chi connectivity index (χ0v) is 14.2. The highest BCUT2D eigenvalue weighted by Gasteiger charge is 2.20. The second-order valence-electron chi connectivity index (χ2n) is 5.34. The lowest BCUT2D eigenvalue weighted by Crippen LogP contribution is -2.46. The van der Waals surface area contributed by atoms with E-state index in [-0.39, 0.29) is 12.8 Å². The molecule has 1 rings (SSSR count). The van der Waals surface area contributed by atoms with Crippen molar-refractivity contribution in [1.82, 2.24) is 0 Å². The molecule has 0 heterocycles. The number of ketones is 1. The highest BCUT2D eigenvalue weighted by molar-refractivity contribution is 5.94. The number of hydrogen-bond acceptors (Lipinski definition) is 4. The number of aliphatic carboxylic acids is 1. The number of nitrogens with zero attached hydrogens (tertiary/aromatic N) is 2. The fourth-order valence-corrected chi connectivity index (χ4v) is 2.25. The molecule has 0 aliphatic carbocycles. The van der Waals surface area contributed by atoms with Gasteiger partial charge in [-0.1, -0.05) is 30.3 Å². The molecule has 0 bridgehead atoms. The molecule has 0 aromatic heterocycles. The van der Waals surface area contributed by atoms with E-state index in [2.05, 4.69) is 51.1 Å². The predicted octanol–water partition coefficient (Wildman–Crippen LogP) is 1.67. The molecule has 0 radical (unpaired) electrons. The molecule has 5 nitrogen and oxygen atoms in total. The third kappa shape index (κ3) is 8.74. The normalized spacial score (nSPS) is 10.2. The van der Waals surface area contributed by atoms with Crippen LogP contribution in [0.15, 0.2) is 30.3 Å². The fourth-order valence-electron chi connectivity index (χ4n) is 2.25. The zero-order valence-electron chi connectivity index (χ0n) is 14.2. The first-order valence-electron chi connectivity index (χ1n) is 7.94. The summed E-state index contributed by atoms with van der Waals surface area (Å²) in [5.41, 5.74) is 1.46. The maximum atomic E-state index is 10.1. The molecule has 0 saturated heterocycles. The predicted molar refractivity (Wildman–Crippen MR) is 86.9 cm³/mol. The average molecular weight is 318 g/mol. The van der Waals surface area contributed by atoms with Crippen LogP contribution in [0.1, 0.15) is 39.2 Å². The molecule has 0 unspecified atom stereocenters. The van der Waals surface area contributed by atoms with E-state index in [1.54, 1.807) is 0 Å². The average Bonchev–Trinajstić information content (AvgIpc) is 2.59. The maximum Gasteiger partial charge on any atom is 0.232 e. The van der Waals surface area contributed by atoms with Gasteiger partial charge in [0.05, 0.1) is 19.6 Å². The summed E-state index contributed by atoms with van der Waals surface area (Å²) in [5.74, 6) is -2.03. The Bertz CT molecular complexity index is 509. The SMILES string of the molecule is CC[N+](CC)(CC)Cc1ccccc1.N#CC(=O)CCC(=O)[O-]. The van der Waals surface area contributed by atoms with E-state index in [0.29, 0.717) is 0 Å². The van der Waals surface area contributed by atoms with Gasteiger partial charge in [0.2, 0.25) is 5.78 Å². The van der Waals surface area contributed by atoms with Gasteiger partial charge in [0.25, 0.3) is 0 Å². The van der Waals surface area contributed by atoms with Crippen LogP contribution in [0.2, 0.25) is 0 Å². The first kappa shape index (κ1) is 20.8. The van der Waals surface area contributed by atoms with Crippen LogP contribution < -0.4 is 5.11 Å². The molecule has 1 aromatic carbocycles. The number of rotatable bonds is 8. The minimum absolute atomic E-state index is 0.251. The molecule has 0 aliphatic heterocycles. The summed E-state index contributed by atoms with van der Waals surface area (Å²) in [6.45, 7) is 11.7. The molecule has 1 aromatic rings. The molecular formula is C18H26N2O3. The maximum absolute atomic E-state index is 10.1.